The second-order valence-electron chi connectivity index (χ2n) is 7.83. The second-order valence-corrected chi connectivity index (χ2v) is 8.65. The second kappa shape index (κ2) is 11.9. The molecule has 0 radical (unpaired) electrons. The van der Waals surface area contributed by atoms with Crippen molar-refractivity contribution in [1.82, 2.24) is 10.5 Å². The van der Waals surface area contributed by atoms with E-state index in [4.69, 9.17) is 37.6 Å². The van der Waals surface area contributed by atoms with Crippen LogP contribution in [0.2, 0.25) is 10.0 Å². The zero-order valence-electron chi connectivity index (χ0n) is 18.7. The molecular formula is C24H25Cl2N3O5. The maximum absolute atomic E-state index is 12.6. The number of hydrogen-bond donors (Lipinski definition) is 3. The molecule has 3 N–H and O–H groups in total. The summed E-state index contributed by atoms with van der Waals surface area (Å²) in [4.78, 5) is 23.1. The van der Waals surface area contributed by atoms with Crippen LogP contribution in [0.15, 0.2) is 47.0 Å². The Morgan fingerprint density at radius 1 is 1.12 bits per heavy atom. The van der Waals surface area contributed by atoms with Crippen molar-refractivity contribution < 1.29 is 24.0 Å². The van der Waals surface area contributed by atoms with E-state index in [0.29, 0.717) is 52.3 Å². The molecule has 0 bridgehead atoms. The number of aromatic nitrogens is 1. The predicted octanol–water partition coefficient (Wildman–Crippen LogP) is 5.64. The number of nitrogens with one attached hydrogen (secondary N) is 2. The highest BCUT2D eigenvalue weighted by molar-refractivity contribution is 6.33. The largest absolute Gasteiger partial charge is 0.489 e. The third-order valence-corrected chi connectivity index (χ3v) is 5.28. The molecule has 3 aromatic rings. The van der Waals surface area contributed by atoms with E-state index >= 15 is 0 Å². The lowest BCUT2D eigenvalue weighted by Crippen LogP contribution is -2.15. The maximum atomic E-state index is 12.6. The summed E-state index contributed by atoms with van der Waals surface area (Å²) in [5.74, 6) is -0.379. The Balaban J connectivity index is 1.61. The molecule has 8 nitrogen and oxygen atoms in total. The normalized spacial score (nSPS) is 11.0. The zero-order chi connectivity index (χ0) is 24.7. The summed E-state index contributed by atoms with van der Waals surface area (Å²) in [7, 11) is 0. The minimum Gasteiger partial charge on any atom is -0.489 e. The lowest BCUT2D eigenvalue weighted by Gasteiger charge is -2.12. The van der Waals surface area contributed by atoms with E-state index in [-0.39, 0.29) is 18.2 Å². The van der Waals surface area contributed by atoms with Crippen LogP contribution in [0, 0.1) is 0 Å². The highest BCUT2D eigenvalue weighted by Crippen LogP contribution is 2.31. The molecule has 34 heavy (non-hydrogen) atoms. The average molecular weight is 506 g/mol. The first kappa shape index (κ1) is 25.6. The fourth-order valence-electron chi connectivity index (χ4n) is 3.10. The zero-order valence-corrected chi connectivity index (χ0v) is 20.2. The maximum Gasteiger partial charge on any atom is 0.303 e. The Labute approximate surface area is 207 Å². The Kier molecular flexibility index (Phi) is 8.92. The molecule has 0 atom stereocenters. The number of amides is 1. The highest BCUT2D eigenvalue weighted by Gasteiger charge is 2.17. The smallest absolute Gasteiger partial charge is 0.303 e. The molecular weight excluding hydrogens is 481 g/mol. The van der Waals surface area contributed by atoms with Gasteiger partial charge in [-0.1, -0.05) is 34.4 Å². The number of carboxylic acids is 1. The van der Waals surface area contributed by atoms with Gasteiger partial charge in [0.1, 0.15) is 5.75 Å². The summed E-state index contributed by atoms with van der Waals surface area (Å²) in [6, 6.07) is 11.9. The van der Waals surface area contributed by atoms with Gasteiger partial charge >= 0.3 is 5.97 Å². The molecule has 0 aliphatic rings. The number of hydrogen-bond acceptors (Lipinski definition) is 6. The summed E-state index contributed by atoms with van der Waals surface area (Å²) >= 11 is 12.6. The van der Waals surface area contributed by atoms with Crippen molar-refractivity contribution in [2.24, 2.45) is 0 Å². The SMILES string of the molecule is CC(C)Oc1ccc(NC(=O)c2cc(-c3ccc(CNCCCC(=O)O)cc3Cl)on2)cc1Cl. The number of benzene rings is 2. The van der Waals surface area contributed by atoms with Gasteiger partial charge in [-0.15, -0.1) is 0 Å². The average Bonchev–Trinajstić information content (AvgIpc) is 3.25. The lowest BCUT2D eigenvalue weighted by molar-refractivity contribution is -0.137. The minimum absolute atomic E-state index is 0.0209. The van der Waals surface area contributed by atoms with Crippen molar-refractivity contribution in [3.8, 4) is 17.1 Å². The number of rotatable bonds is 11. The topological polar surface area (TPSA) is 114 Å². The van der Waals surface area contributed by atoms with Gasteiger partial charge in [-0.2, -0.15) is 0 Å². The fourth-order valence-corrected chi connectivity index (χ4v) is 3.62. The molecule has 1 amide bonds. The molecule has 1 aromatic heterocycles. The van der Waals surface area contributed by atoms with Gasteiger partial charge in [0.2, 0.25) is 0 Å². The molecule has 0 unspecified atom stereocenters. The van der Waals surface area contributed by atoms with E-state index in [0.717, 1.165) is 5.56 Å². The molecule has 180 valence electrons. The number of nitrogens with zero attached hydrogens (tertiary/aromatic N) is 1. The van der Waals surface area contributed by atoms with Crippen molar-refractivity contribution in [2.45, 2.75) is 39.3 Å². The molecule has 0 aliphatic heterocycles. The van der Waals surface area contributed by atoms with Crippen LogP contribution >= 0.6 is 23.2 Å². The Hall–Kier alpha value is -3.07. The Morgan fingerprint density at radius 3 is 2.59 bits per heavy atom. The molecule has 3 rings (SSSR count). The third kappa shape index (κ3) is 7.21. The van der Waals surface area contributed by atoms with Crippen LogP contribution in [-0.2, 0) is 11.3 Å². The first-order valence-electron chi connectivity index (χ1n) is 10.7. The Morgan fingerprint density at radius 2 is 1.91 bits per heavy atom. The van der Waals surface area contributed by atoms with Gasteiger partial charge in [-0.3, -0.25) is 9.59 Å². The van der Waals surface area contributed by atoms with E-state index in [1.807, 2.05) is 19.9 Å². The summed E-state index contributed by atoms with van der Waals surface area (Å²) < 4.78 is 10.9. The molecule has 0 spiro atoms. The summed E-state index contributed by atoms with van der Waals surface area (Å²) in [6.07, 6.45) is 0.651. The van der Waals surface area contributed by atoms with Gasteiger partial charge in [0.25, 0.3) is 5.91 Å². The van der Waals surface area contributed by atoms with Crippen LogP contribution in [-0.4, -0.2) is 34.8 Å². The number of ether oxygens (including phenoxy) is 1. The predicted molar refractivity (Wildman–Crippen MR) is 131 cm³/mol. The van der Waals surface area contributed by atoms with Crippen LogP contribution in [0.4, 0.5) is 5.69 Å². The van der Waals surface area contributed by atoms with Gasteiger partial charge in [-0.05, 0) is 62.7 Å². The van der Waals surface area contributed by atoms with Crippen molar-refractivity contribution in [2.75, 3.05) is 11.9 Å². The molecule has 10 heteroatoms. The van der Waals surface area contributed by atoms with Gasteiger partial charge in [0.05, 0.1) is 16.1 Å². The van der Waals surface area contributed by atoms with Gasteiger partial charge in [0.15, 0.2) is 11.5 Å². The van der Waals surface area contributed by atoms with Crippen LogP contribution in [0.3, 0.4) is 0 Å². The van der Waals surface area contributed by atoms with Crippen molar-refractivity contribution in [3.05, 3.63) is 63.8 Å². The summed E-state index contributed by atoms with van der Waals surface area (Å²) in [5.41, 5.74) is 2.12. The Bertz CT molecular complexity index is 1160. The number of aliphatic carboxylic acids is 1. The van der Waals surface area contributed by atoms with Gasteiger partial charge in [-0.25, -0.2) is 0 Å². The van der Waals surface area contributed by atoms with E-state index in [2.05, 4.69) is 15.8 Å². The molecule has 0 saturated carbocycles. The van der Waals surface area contributed by atoms with E-state index < -0.39 is 11.9 Å². The summed E-state index contributed by atoms with van der Waals surface area (Å²) in [5, 5.41) is 19.3. The van der Waals surface area contributed by atoms with Gasteiger partial charge in [0, 0.05) is 30.3 Å². The highest BCUT2D eigenvalue weighted by atomic mass is 35.5. The number of carboxylic acid groups (broad SMARTS) is 1. The first-order chi connectivity index (χ1) is 16.2. The molecule has 1 heterocycles. The van der Waals surface area contributed by atoms with Crippen LogP contribution in [0.25, 0.3) is 11.3 Å². The van der Waals surface area contributed by atoms with Crippen LogP contribution < -0.4 is 15.4 Å². The van der Waals surface area contributed by atoms with Gasteiger partial charge < -0.3 is 25.0 Å². The van der Waals surface area contributed by atoms with E-state index in [1.54, 1.807) is 30.3 Å². The molecule has 0 aliphatic carbocycles. The summed E-state index contributed by atoms with van der Waals surface area (Å²) in [6.45, 7) is 4.93. The monoisotopic (exact) mass is 505 g/mol. The lowest BCUT2D eigenvalue weighted by atomic mass is 10.1. The first-order valence-corrected chi connectivity index (χ1v) is 11.4. The molecule has 0 saturated heterocycles. The number of anilines is 1. The van der Waals surface area contributed by atoms with Crippen molar-refractivity contribution in [3.63, 3.8) is 0 Å². The standard InChI is InChI=1S/C24H25Cl2N3O5/c1-14(2)33-21-8-6-16(11-19(21)26)28-24(32)20-12-22(34-29-20)17-7-5-15(10-18(17)25)13-27-9-3-4-23(30)31/h5-8,10-12,14,27H,3-4,9,13H2,1-2H3,(H,28,32)(H,30,31). The fraction of sp³-hybridized carbons (Fsp3) is 0.292. The quantitative estimate of drug-likeness (QED) is 0.288. The molecule has 0 fully saturated rings. The van der Waals surface area contributed by atoms with E-state index in [9.17, 15) is 9.59 Å². The van der Waals surface area contributed by atoms with Crippen molar-refractivity contribution >= 4 is 40.8 Å². The van der Waals surface area contributed by atoms with Crippen LogP contribution in [0.1, 0.15) is 42.7 Å². The van der Waals surface area contributed by atoms with E-state index in [1.165, 1.54) is 6.07 Å². The third-order valence-electron chi connectivity index (χ3n) is 4.67. The number of halogens is 2. The molecule has 2 aromatic carbocycles. The van der Waals surface area contributed by atoms with Crippen LogP contribution in [0.5, 0.6) is 5.75 Å². The number of carbonyl (C=O) groups is 2. The number of carbonyl (C=O) groups excluding carboxylic acids is 1. The minimum atomic E-state index is -0.813. The van der Waals surface area contributed by atoms with Crippen molar-refractivity contribution in [1.29, 1.82) is 0 Å².